The molecular weight excluding hydrogens is 188 g/mol. The van der Waals surface area contributed by atoms with Crippen LogP contribution in [0.4, 0.5) is 0 Å². The van der Waals surface area contributed by atoms with Gasteiger partial charge in [0.2, 0.25) is 0 Å². The number of nitrogens with zero attached hydrogens (tertiary/aromatic N) is 1. The number of hydrogen-bond acceptors (Lipinski definition) is 3. The molecule has 0 radical (unpaired) electrons. The number of ether oxygens (including phenoxy) is 1. The topological polar surface area (TPSA) is 24.5 Å². The first kappa shape index (κ1) is 11.4. The van der Waals surface area contributed by atoms with Gasteiger partial charge >= 0.3 is 0 Å². The quantitative estimate of drug-likeness (QED) is 0.758. The molecule has 2 rings (SSSR count). The molecule has 0 aliphatic carbocycles. The zero-order valence-electron chi connectivity index (χ0n) is 9.87. The molecule has 88 valence electrons. The molecule has 0 bridgehead atoms. The third-order valence-corrected chi connectivity index (χ3v) is 3.73. The molecule has 0 aromatic rings. The lowest BCUT2D eigenvalue weighted by atomic mass is 9.96. The SMILES string of the molecule is CC1COCCN1CCC1CCCNC1. The van der Waals surface area contributed by atoms with Crippen molar-refractivity contribution in [3.8, 4) is 0 Å². The Bertz CT molecular complexity index is 180. The fraction of sp³-hybridized carbons (Fsp3) is 1.00. The molecule has 2 fully saturated rings. The Labute approximate surface area is 93.2 Å². The predicted molar refractivity (Wildman–Crippen MR) is 62.1 cm³/mol. The molecule has 3 heteroatoms. The van der Waals surface area contributed by atoms with Crippen molar-refractivity contribution in [3.05, 3.63) is 0 Å². The summed E-state index contributed by atoms with van der Waals surface area (Å²) in [6.45, 7) is 8.97. The summed E-state index contributed by atoms with van der Waals surface area (Å²) in [7, 11) is 0. The fourth-order valence-corrected chi connectivity index (χ4v) is 2.61. The van der Waals surface area contributed by atoms with Crippen molar-refractivity contribution < 1.29 is 4.74 Å². The maximum Gasteiger partial charge on any atom is 0.0619 e. The predicted octanol–water partition coefficient (Wildman–Crippen LogP) is 1.10. The standard InChI is InChI=1S/C12H24N2O/c1-11-10-15-8-7-14(11)6-4-12-3-2-5-13-9-12/h11-13H,2-10H2,1H3. The second-order valence-electron chi connectivity index (χ2n) is 4.96. The molecule has 0 spiro atoms. The Kier molecular flexibility index (Phi) is 4.42. The maximum absolute atomic E-state index is 5.45. The van der Waals surface area contributed by atoms with E-state index in [1.807, 2.05) is 0 Å². The number of morpholine rings is 1. The van der Waals surface area contributed by atoms with Gasteiger partial charge in [-0.3, -0.25) is 4.90 Å². The normalized spacial score (nSPS) is 34.2. The van der Waals surface area contributed by atoms with Crippen molar-refractivity contribution in [1.29, 1.82) is 0 Å². The average molecular weight is 212 g/mol. The van der Waals surface area contributed by atoms with E-state index in [9.17, 15) is 0 Å². The second kappa shape index (κ2) is 5.83. The third kappa shape index (κ3) is 3.44. The van der Waals surface area contributed by atoms with Crippen LogP contribution in [-0.4, -0.2) is 50.3 Å². The van der Waals surface area contributed by atoms with E-state index in [1.54, 1.807) is 0 Å². The van der Waals surface area contributed by atoms with E-state index >= 15 is 0 Å². The zero-order valence-corrected chi connectivity index (χ0v) is 9.87. The average Bonchev–Trinajstić information content (AvgIpc) is 2.29. The molecule has 0 aromatic carbocycles. The lowest BCUT2D eigenvalue weighted by Crippen LogP contribution is -2.45. The van der Waals surface area contributed by atoms with Gasteiger partial charge in [0.05, 0.1) is 13.2 Å². The molecule has 3 nitrogen and oxygen atoms in total. The highest BCUT2D eigenvalue weighted by atomic mass is 16.5. The van der Waals surface area contributed by atoms with Gasteiger partial charge in [-0.05, 0) is 51.7 Å². The van der Waals surface area contributed by atoms with Crippen LogP contribution in [-0.2, 0) is 4.74 Å². The van der Waals surface area contributed by atoms with Crippen LogP contribution < -0.4 is 5.32 Å². The highest BCUT2D eigenvalue weighted by Gasteiger charge is 2.20. The van der Waals surface area contributed by atoms with Crippen molar-refractivity contribution in [1.82, 2.24) is 10.2 Å². The Morgan fingerprint density at radius 3 is 3.13 bits per heavy atom. The van der Waals surface area contributed by atoms with Gasteiger partial charge in [0, 0.05) is 12.6 Å². The first-order valence-corrected chi connectivity index (χ1v) is 6.39. The summed E-state index contributed by atoms with van der Waals surface area (Å²) in [6, 6.07) is 0.621. The van der Waals surface area contributed by atoms with Gasteiger partial charge in [-0.2, -0.15) is 0 Å². The fourth-order valence-electron chi connectivity index (χ4n) is 2.61. The summed E-state index contributed by atoms with van der Waals surface area (Å²) in [5, 5.41) is 3.49. The summed E-state index contributed by atoms with van der Waals surface area (Å²) < 4.78 is 5.45. The molecule has 0 saturated carbocycles. The number of piperidine rings is 1. The van der Waals surface area contributed by atoms with Gasteiger partial charge in [0.25, 0.3) is 0 Å². The van der Waals surface area contributed by atoms with Crippen LogP contribution in [0.2, 0.25) is 0 Å². The summed E-state index contributed by atoms with van der Waals surface area (Å²) >= 11 is 0. The van der Waals surface area contributed by atoms with Crippen LogP contribution in [0.1, 0.15) is 26.2 Å². The van der Waals surface area contributed by atoms with E-state index in [0.29, 0.717) is 6.04 Å². The van der Waals surface area contributed by atoms with Gasteiger partial charge in [0.15, 0.2) is 0 Å². The molecule has 2 aliphatic rings. The largest absolute Gasteiger partial charge is 0.379 e. The van der Waals surface area contributed by atoms with Gasteiger partial charge in [-0.1, -0.05) is 0 Å². The number of rotatable bonds is 3. The summed E-state index contributed by atoms with van der Waals surface area (Å²) in [4.78, 5) is 2.58. The molecule has 2 unspecified atom stereocenters. The first-order valence-electron chi connectivity index (χ1n) is 6.39. The molecule has 2 aliphatic heterocycles. The first-order chi connectivity index (χ1) is 7.36. The van der Waals surface area contributed by atoms with Gasteiger partial charge in [0.1, 0.15) is 0 Å². The highest BCUT2D eigenvalue weighted by molar-refractivity contribution is 4.75. The Hall–Kier alpha value is -0.120. The number of nitrogens with one attached hydrogen (secondary N) is 1. The van der Waals surface area contributed by atoms with E-state index in [2.05, 4.69) is 17.1 Å². The molecular formula is C12H24N2O. The minimum Gasteiger partial charge on any atom is -0.379 e. The van der Waals surface area contributed by atoms with Crippen molar-refractivity contribution in [2.24, 2.45) is 5.92 Å². The smallest absolute Gasteiger partial charge is 0.0619 e. The summed E-state index contributed by atoms with van der Waals surface area (Å²) in [5.41, 5.74) is 0. The highest BCUT2D eigenvalue weighted by Crippen LogP contribution is 2.16. The van der Waals surface area contributed by atoms with Gasteiger partial charge in [-0.25, -0.2) is 0 Å². The minimum absolute atomic E-state index is 0.621. The summed E-state index contributed by atoms with van der Waals surface area (Å²) in [5.74, 6) is 0.911. The second-order valence-corrected chi connectivity index (χ2v) is 4.96. The van der Waals surface area contributed by atoms with Crippen molar-refractivity contribution in [3.63, 3.8) is 0 Å². The Balaban J connectivity index is 1.67. The molecule has 1 N–H and O–H groups in total. The van der Waals surface area contributed by atoms with Crippen molar-refractivity contribution in [2.75, 3.05) is 39.4 Å². The van der Waals surface area contributed by atoms with E-state index in [1.165, 1.54) is 38.9 Å². The molecule has 0 amide bonds. The minimum atomic E-state index is 0.621. The Morgan fingerprint density at radius 2 is 2.40 bits per heavy atom. The maximum atomic E-state index is 5.45. The van der Waals surface area contributed by atoms with Crippen LogP contribution in [0.25, 0.3) is 0 Å². The molecule has 0 aromatic heterocycles. The van der Waals surface area contributed by atoms with Crippen molar-refractivity contribution >= 4 is 0 Å². The van der Waals surface area contributed by atoms with E-state index in [4.69, 9.17) is 4.74 Å². The van der Waals surface area contributed by atoms with Crippen LogP contribution >= 0.6 is 0 Å². The lowest BCUT2D eigenvalue weighted by Gasteiger charge is -2.34. The van der Waals surface area contributed by atoms with E-state index < -0.39 is 0 Å². The van der Waals surface area contributed by atoms with Crippen molar-refractivity contribution in [2.45, 2.75) is 32.2 Å². The van der Waals surface area contributed by atoms with E-state index in [-0.39, 0.29) is 0 Å². The monoisotopic (exact) mass is 212 g/mol. The van der Waals surface area contributed by atoms with Gasteiger partial charge < -0.3 is 10.1 Å². The van der Waals surface area contributed by atoms with Crippen LogP contribution in [0, 0.1) is 5.92 Å². The third-order valence-electron chi connectivity index (χ3n) is 3.73. The molecule has 2 atom stereocenters. The van der Waals surface area contributed by atoms with E-state index in [0.717, 1.165) is 25.7 Å². The van der Waals surface area contributed by atoms with Crippen LogP contribution in [0.5, 0.6) is 0 Å². The zero-order chi connectivity index (χ0) is 10.5. The van der Waals surface area contributed by atoms with Gasteiger partial charge in [-0.15, -0.1) is 0 Å². The number of hydrogen-bond donors (Lipinski definition) is 1. The molecule has 2 saturated heterocycles. The summed E-state index contributed by atoms with van der Waals surface area (Å²) in [6.07, 6.45) is 4.15. The molecule has 2 heterocycles. The van der Waals surface area contributed by atoms with Crippen LogP contribution in [0.15, 0.2) is 0 Å². The molecule has 15 heavy (non-hydrogen) atoms. The lowest BCUT2D eigenvalue weighted by molar-refractivity contribution is -0.00291. The Morgan fingerprint density at radius 1 is 1.47 bits per heavy atom. The van der Waals surface area contributed by atoms with Crippen LogP contribution in [0.3, 0.4) is 0 Å².